The van der Waals surface area contributed by atoms with E-state index in [1.807, 2.05) is 27.7 Å². The van der Waals surface area contributed by atoms with Crippen molar-refractivity contribution in [3.05, 3.63) is 34.9 Å². The minimum absolute atomic E-state index is 0.0439. The summed E-state index contributed by atoms with van der Waals surface area (Å²) >= 11 is 0. The number of fused-ring (bicyclic) bond motifs is 7. The molecule has 4 saturated heterocycles. The lowest BCUT2D eigenvalue weighted by atomic mass is 9.33. The summed E-state index contributed by atoms with van der Waals surface area (Å²) in [4.78, 5) is 52.4. The van der Waals surface area contributed by atoms with Crippen LogP contribution in [0.25, 0.3) is 0 Å². The maximum absolute atomic E-state index is 13.4. The van der Waals surface area contributed by atoms with Gasteiger partial charge in [0.2, 0.25) is 0 Å². The van der Waals surface area contributed by atoms with Crippen molar-refractivity contribution in [2.75, 3.05) is 19.8 Å². The summed E-state index contributed by atoms with van der Waals surface area (Å²) in [6, 6.07) is 0. The molecule has 0 aromatic heterocycles. The second kappa shape index (κ2) is 27.0. The third-order valence-corrected chi connectivity index (χ3v) is 23.6. The summed E-state index contributed by atoms with van der Waals surface area (Å²) in [5.74, 6) is -4.56. The van der Waals surface area contributed by atoms with Crippen molar-refractivity contribution in [2.24, 2.45) is 50.2 Å². The fraction of sp³-hybridized carbons (Fsp3) is 0.846. The third-order valence-electron chi connectivity index (χ3n) is 23.6. The lowest BCUT2D eigenvalue weighted by Crippen LogP contribution is -2.72. The largest absolute Gasteiger partial charge is 0.479 e. The molecule has 12 N–H and O–H groups in total. The van der Waals surface area contributed by atoms with Crippen LogP contribution in [0.2, 0.25) is 0 Å². The number of carbonyl (C=O) groups excluding carboxylic acids is 3. The molecule has 0 aromatic rings. The SMILES string of the molecule is C/C=C(/C)C(=O)O[C@@H]1[C@@H](OC(=O)/C(C)=C\C)[C@@H](O)[C@H](O[C@H]2[C@H](O)[C@@]3(COC(C)=O)C(CC2(C)C)C2=CCC4[C@@]5(C)CC[C@H](OC6O[C@H](C(=O)O)[C@@H](O)[C@H](O[C@@H]7O[C@@H](CO)[C@H](O)[C@H]7O)[C@H]6O[C@@H]6O[C@H](CO)[C@H](O)[C@H](O)[C@H]6O)C(C)(C)C5CC[C@@]4(C)[C@]2(C)C[C@H]3O)O[C@H]1C. The number of rotatable bonds is 17. The van der Waals surface area contributed by atoms with Gasteiger partial charge >= 0.3 is 23.9 Å². The molecule has 27 heteroatoms. The lowest BCUT2D eigenvalue weighted by molar-refractivity contribution is -0.386. The van der Waals surface area contributed by atoms with Gasteiger partial charge in [0.15, 0.2) is 43.5 Å². The van der Waals surface area contributed by atoms with Crippen molar-refractivity contribution in [1.82, 2.24) is 0 Å². The molecule has 92 heavy (non-hydrogen) atoms. The Morgan fingerprint density at radius 2 is 1.16 bits per heavy atom. The van der Waals surface area contributed by atoms with Gasteiger partial charge in [-0.15, -0.1) is 0 Å². The predicted octanol–water partition coefficient (Wildman–Crippen LogP) is 0.715. The molecule has 5 aliphatic carbocycles. The zero-order valence-electron chi connectivity index (χ0n) is 54.8. The summed E-state index contributed by atoms with van der Waals surface area (Å²) in [7, 11) is 0. The molecule has 0 spiro atoms. The second-order valence-electron chi connectivity index (χ2n) is 29.4. The molecular formula is C65H100O27. The highest BCUT2D eigenvalue weighted by Crippen LogP contribution is 2.76. The molecular weight excluding hydrogens is 1210 g/mol. The summed E-state index contributed by atoms with van der Waals surface area (Å²) < 4.78 is 67.2. The van der Waals surface area contributed by atoms with Gasteiger partial charge < -0.3 is 113 Å². The Kier molecular flexibility index (Phi) is 21.3. The number of esters is 3. The molecule has 27 nitrogen and oxygen atoms in total. The first-order valence-corrected chi connectivity index (χ1v) is 32.3. The number of hydrogen-bond donors (Lipinski definition) is 12. The van der Waals surface area contributed by atoms with Gasteiger partial charge in [-0.2, -0.15) is 0 Å². The van der Waals surface area contributed by atoms with Crippen molar-refractivity contribution in [2.45, 2.75) is 276 Å². The van der Waals surface area contributed by atoms with E-state index in [-0.39, 0.29) is 35.8 Å². The molecule has 4 heterocycles. The van der Waals surface area contributed by atoms with Crippen LogP contribution in [0.3, 0.4) is 0 Å². The van der Waals surface area contributed by atoms with E-state index in [2.05, 4.69) is 26.8 Å². The quantitative estimate of drug-likeness (QED) is 0.0314. The Hall–Kier alpha value is -3.66. The molecule has 30 atom stereocenters. The van der Waals surface area contributed by atoms with Crippen LogP contribution < -0.4 is 0 Å². The van der Waals surface area contributed by atoms with E-state index < -0.39 is 223 Å². The van der Waals surface area contributed by atoms with Gasteiger partial charge in [0.05, 0.1) is 49.1 Å². The smallest absolute Gasteiger partial charge is 0.335 e. The number of aliphatic hydroxyl groups is 11. The zero-order chi connectivity index (χ0) is 68.0. The highest BCUT2D eigenvalue weighted by molar-refractivity contribution is 5.88. The van der Waals surface area contributed by atoms with Crippen molar-refractivity contribution >= 4 is 23.9 Å². The molecule has 8 fully saturated rings. The zero-order valence-corrected chi connectivity index (χ0v) is 54.8. The fourth-order valence-corrected chi connectivity index (χ4v) is 17.8. The molecule has 522 valence electrons. The molecule has 4 aliphatic heterocycles. The van der Waals surface area contributed by atoms with Crippen molar-refractivity contribution in [3.8, 4) is 0 Å². The Bertz CT molecular complexity index is 2790. The number of carboxylic acid groups (broad SMARTS) is 1. The standard InChI is InChI=1S/C65H100O27/c1-14-27(3)54(80)87-46-29(5)83-58(45(76)48(46)88-55(81)28(4)15-2)92-52-51(77)65(26-82-30(6)68)32(22-60(52,7)8)31-16-17-36-62(11)20-19-38(61(9,10)35(62)18-21-63(36,12)64(31,13)23-37(65)69)86-59-50(91-57-43(74)41(72)39(70)33(24-66)84-57)47(44(75)49(90-59)53(78)79)89-56-42(73)40(71)34(25-67)85-56/h14-16,29,32-52,56-59,66-67,69-77H,17-26H2,1-13H3,(H,78,79)/b27-14-,28-15-/t29-,32?,33+,34-,35?,36?,37+,38-,39-,40-,41-,42+,43+,44-,45+,46-,47-,48-,49-,50+,51-,52-,56-,57-,58-,59?,62-,63+,64+,65-/m0/s1. The first-order valence-electron chi connectivity index (χ1n) is 32.3. The van der Waals surface area contributed by atoms with E-state index in [1.54, 1.807) is 33.8 Å². The van der Waals surface area contributed by atoms with E-state index in [9.17, 15) is 80.5 Å². The van der Waals surface area contributed by atoms with Crippen LogP contribution in [-0.4, -0.2) is 246 Å². The van der Waals surface area contributed by atoms with Crippen molar-refractivity contribution in [1.29, 1.82) is 0 Å². The van der Waals surface area contributed by atoms with Crippen LogP contribution in [-0.2, 0) is 71.3 Å². The van der Waals surface area contributed by atoms with Crippen LogP contribution in [0.4, 0.5) is 0 Å². The van der Waals surface area contributed by atoms with Gasteiger partial charge in [-0.1, -0.05) is 72.3 Å². The van der Waals surface area contributed by atoms with Gasteiger partial charge in [-0.25, -0.2) is 14.4 Å². The molecule has 9 aliphatic rings. The highest BCUT2D eigenvalue weighted by atomic mass is 16.8. The van der Waals surface area contributed by atoms with Gasteiger partial charge in [0.25, 0.3) is 0 Å². The summed E-state index contributed by atoms with van der Waals surface area (Å²) in [6.45, 7) is 21.8. The minimum atomic E-state index is -2.13. The van der Waals surface area contributed by atoms with Gasteiger partial charge in [0, 0.05) is 18.1 Å². The van der Waals surface area contributed by atoms with Crippen LogP contribution in [0.5, 0.6) is 0 Å². The van der Waals surface area contributed by atoms with Crippen LogP contribution in [0, 0.1) is 50.2 Å². The van der Waals surface area contributed by atoms with E-state index in [4.69, 9.17) is 52.1 Å². The monoisotopic (exact) mass is 1310 g/mol. The summed E-state index contributed by atoms with van der Waals surface area (Å²) in [5.41, 5.74) is -3.54. The third kappa shape index (κ3) is 12.3. The Labute approximate surface area is 535 Å². The maximum atomic E-state index is 13.4. The predicted molar refractivity (Wildman–Crippen MR) is 316 cm³/mol. The van der Waals surface area contributed by atoms with E-state index in [0.717, 1.165) is 5.57 Å². The number of ether oxygens (including phenoxy) is 11. The van der Waals surface area contributed by atoms with Gasteiger partial charge in [0.1, 0.15) is 73.8 Å². The molecule has 4 saturated carbocycles. The number of hydrogen-bond acceptors (Lipinski definition) is 26. The number of carbonyl (C=O) groups is 4. The Balaban J connectivity index is 1.01. The van der Waals surface area contributed by atoms with E-state index in [1.165, 1.54) is 19.9 Å². The molecule has 0 aromatic carbocycles. The van der Waals surface area contributed by atoms with E-state index in [0.29, 0.717) is 32.1 Å². The molecule has 4 unspecified atom stereocenters. The topological polar surface area (TPSA) is 413 Å². The molecule has 0 bridgehead atoms. The number of allylic oxidation sites excluding steroid dienone is 4. The van der Waals surface area contributed by atoms with Crippen LogP contribution >= 0.6 is 0 Å². The normalized spacial score (nSPS) is 48.4. The Morgan fingerprint density at radius 1 is 0.609 bits per heavy atom. The van der Waals surface area contributed by atoms with Crippen molar-refractivity contribution in [3.63, 3.8) is 0 Å². The summed E-state index contributed by atoms with van der Waals surface area (Å²) in [5, 5.41) is 135. The molecule has 0 amide bonds. The van der Waals surface area contributed by atoms with Crippen LogP contribution in [0.1, 0.15) is 135 Å². The second-order valence-corrected chi connectivity index (χ2v) is 29.4. The average molecular weight is 1310 g/mol. The lowest BCUT2D eigenvalue weighted by Gasteiger charge is -2.72. The Morgan fingerprint density at radius 3 is 1.73 bits per heavy atom. The highest BCUT2D eigenvalue weighted by Gasteiger charge is 2.74. The van der Waals surface area contributed by atoms with Crippen LogP contribution in [0.15, 0.2) is 34.9 Å². The first-order chi connectivity index (χ1) is 42.9. The molecule has 0 radical (unpaired) electrons. The van der Waals surface area contributed by atoms with E-state index >= 15 is 0 Å². The first kappa shape index (κ1) is 72.6. The molecule has 9 rings (SSSR count). The summed E-state index contributed by atoms with van der Waals surface area (Å²) in [6.07, 6.45) is -29.1. The minimum Gasteiger partial charge on any atom is -0.479 e. The number of aliphatic hydroxyl groups excluding tert-OH is 11. The number of carboxylic acids is 1. The fourth-order valence-electron chi connectivity index (χ4n) is 17.8. The number of aliphatic carboxylic acids is 1. The van der Waals surface area contributed by atoms with Crippen molar-refractivity contribution < 1.29 is 133 Å². The maximum Gasteiger partial charge on any atom is 0.335 e. The van der Waals surface area contributed by atoms with Gasteiger partial charge in [-0.05, 0) is 124 Å². The van der Waals surface area contributed by atoms with Gasteiger partial charge in [-0.3, -0.25) is 4.79 Å². The average Bonchev–Trinajstić information content (AvgIpc) is 0.717.